The molecule has 0 aliphatic rings. The molecule has 2 aromatic carbocycles. The molecule has 0 amide bonds. The van der Waals surface area contributed by atoms with Crippen molar-refractivity contribution in [2.45, 2.75) is 27.7 Å². The van der Waals surface area contributed by atoms with E-state index in [0.717, 1.165) is 0 Å². The summed E-state index contributed by atoms with van der Waals surface area (Å²) >= 11 is 0. The Labute approximate surface area is 85.6 Å². The van der Waals surface area contributed by atoms with Gasteiger partial charge in [-0.25, -0.2) is 0 Å². The largest absolute Gasteiger partial charge is 0.0584 e. The summed E-state index contributed by atoms with van der Waals surface area (Å²) in [5, 5.41) is 2.83. The predicted molar refractivity (Wildman–Crippen MR) is 62.9 cm³/mol. The van der Waals surface area contributed by atoms with Gasteiger partial charge in [0.15, 0.2) is 0 Å². The number of rotatable bonds is 0. The van der Waals surface area contributed by atoms with Crippen molar-refractivity contribution < 1.29 is 0 Å². The first-order valence-corrected chi connectivity index (χ1v) is 5.07. The summed E-state index contributed by atoms with van der Waals surface area (Å²) in [5.41, 5.74) is 5.49. The van der Waals surface area contributed by atoms with Gasteiger partial charge in [-0.1, -0.05) is 29.8 Å². The Kier molecular flexibility index (Phi) is 2.07. The van der Waals surface area contributed by atoms with Gasteiger partial charge in [-0.15, -0.1) is 0 Å². The lowest BCUT2D eigenvalue weighted by molar-refractivity contribution is 1.38. The highest BCUT2D eigenvalue weighted by Crippen LogP contribution is 2.26. The van der Waals surface area contributed by atoms with Crippen LogP contribution in [0.5, 0.6) is 0 Å². The van der Waals surface area contributed by atoms with Crippen LogP contribution in [0.25, 0.3) is 10.8 Å². The van der Waals surface area contributed by atoms with Crippen LogP contribution < -0.4 is 0 Å². The van der Waals surface area contributed by atoms with E-state index in [9.17, 15) is 0 Å². The van der Waals surface area contributed by atoms with Crippen LogP contribution in [-0.2, 0) is 0 Å². The lowest BCUT2D eigenvalue weighted by atomic mass is 9.95. The molecule has 0 heteroatoms. The topological polar surface area (TPSA) is 0 Å². The lowest BCUT2D eigenvalue weighted by Gasteiger charge is -2.09. The van der Waals surface area contributed by atoms with E-state index in [1.54, 1.807) is 0 Å². The highest BCUT2D eigenvalue weighted by molar-refractivity contribution is 5.91. The second-order valence-electron chi connectivity index (χ2n) is 4.20. The molecule has 0 saturated carbocycles. The van der Waals surface area contributed by atoms with E-state index >= 15 is 0 Å². The van der Waals surface area contributed by atoms with Crippen LogP contribution in [0.3, 0.4) is 0 Å². The Hall–Kier alpha value is -1.30. The Balaban J connectivity index is 3.00. The summed E-state index contributed by atoms with van der Waals surface area (Å²) in [5.74, 6) is 0. The maximum atomic E-state index is 2.28. The van der Waals surface area contributed by atoms with Crippen LogP contribution in [0.1, 0.15) is 22.3 Å². The van der Waals surface area contributed by atoms with Crippen molar-refractivity contribution in [1.82, 2.24) is 0 Å². The standard InChI is InChI=1S/C14H16/c1-9-7-12(4)14-11(3)6-5-10(2)13(14)8-9/h5-8H,1-4H3. The van der Waals surface area contributed by atoms with Crippen molar-refractivity contribution in [3.8, 4) is 0 Å². The van der Waals surface area contributed by atoms with Gasteiger partial charge in [-0.05, 0) is 55.2 Å². The van der Waals surface area contributed by atoms with E-state index < -0.39 is 0 Å². The van der Waals surface area contributed by atoms with Gasteiger partial charge < -0.3 is 0 Å². The molecule has 14 heavy (non-hydrogen) atoms. The molecule has 0 aliphatic carbocycles. The molecule has 0 saturated heterocycles. The molecule has 0 fully saturated rings. The predicted octanol–water partition coefficient (Wildman–Crippen LogP) is 4.07. The number of aryl methyl sites for hydroxylation is 4. The van der Waals surface area contributed by atoms with Gasteiger partial charge in [0.05, 0.1) is 0 Å². The molecule has 0 bridgehead atoms. The molecule has 0 atom stereocenters. The highest BCUT2D eigenvalue weighted by Gasteiger charge is 2.03. The molecule has 2 aromatic rings. The van der Waals surface area contributed by atoms with Crippen LogP contribution in [0.4, 0.5) is 0 Å². The number of hydrogen-bond donors (Lipinski definition) is 0. The summed E-state index contributed by atoms with van der Waals surface area (Å²) in [6.07, 6.45) is 0. The van der Waals surface area contributed by atoms with Crippen molar-refractivity contribution in [3.05, 3.63) is 46.5 Å². The maximum Gasteiger partial charge on any atom is -0.0123 e. The fourth-order valence-corrected chi connectivity index (χ4v) is 2.23. The van der Waals surface area contributed by atoms with Gasteiger partial charge in [0.2, 0.25) is 0 Å². The third-order valence-corrected chi connectivity index (χ3v) is 2.88. The van der Waals surface area contributed by atoms with Crippen LogP contribution in [0.15, 0.2) is 24.3 Å². The van der Waals surface area contributed by atoms with Gasteiger partial charge in [-0.2, -0.15) is 0 Å². The average molecular weight is 184 g/mol. The van der Waals surface area contributed by atoms with E-state index in [1.165, 1.54) is 33.0 Å². The van der Waals surface area contributed by atoms with Crippen molar-refractivity contribution in [3.63, 3.8) is 0 Å². The molecule has 0 heterocycles. The van der Waals surface area contributed by atoms with Crippen LogP contribution in [0.2, 0.25) is 0 Å². The third kappa shape index (κ3) is 1.31. The summed E-state index contributed by atoms with van der Waals surface area (Å²) < 4.78 is 0. The van der Waals surface area contributed by atoms with Crippen molar-refractivity contribution >= 4 is 10.8 Å². The molecule has 0 spiro atoms. The smallest absolute Gasteiger partial charge is 0.0123 e. The first kappa shape index (κ1) is 9.26. The van der Waals surface area contributed by atoms with Gasteiger partial charge >= 0.3 is 0 Å². The third-order valence-electron chi connectivity index (χ3n) is 2.88. The zero-order chi connectivity index (χ0) is 10.3. The Morgan fingerprint density at radius 3 is 2.07 bits per heavy atom. The minimum Gasteiger partial charge on any atom is -0.0584 e. The van der Waals surface area contributed by atoms with Crippen molar-refractivity contribution in [1.29, 1.82) is 0 Å². The highest BCUT2D eigenvalue weighted by atomic mass is 14.1. The first-order chi connectivity index (χ1) is 6.59. The summed E-state index contributed by atoms with van der Waals surface area (Å²) in [4.78, 5) is 0. The van der Waals surface area contributed by atoms with Gasteiger partial charge in [0.1, 0.15) is 0 Å². The van der Waals surface area contributed by atoms with Crippen molar-refractivity contribution in [2.75, 3.05) is 0 Å². The number of hydrogen-bond acceptors (Lipinski definition) is 0. The van der Waals surface area contributed by atoms with Gasteiger partial charge in [-0.3, -0.25) is 0 Å². The molecular weight excluding hydrogens is 168 g/mol. The molecule has 0 aliphatic heterocycles. The number of benzene rings is 2. The normalized spacial score (nSPS) is 10.9. The zero-order valence-electron chi connectivity index (χ0n) is 9.31. The first-order valence-electron chi connectivity index (χ1n) is 5.07. The Bertz CT molecular complexity index is 493. The maximum absolute atomic E-state index is 2.28. The fourth-order valence-electron chi connectivity index (χ4n) is 2.23. The summed E-state index contributed by atoms with van der Waals surface area (Å²) in [6.45, 7) is 8.72. The van der Waals surface area contributed by atoms with Crippen LogP contribution in [0, 0.1) is 27.7 Å². The monoisotopic (exact) mass is 184 g/mol. The van der Waals surface area contributed by atoms with E-state index in [2.05, 4.69) is 52.0 Å². The molecule has 0 radical (unpaired) electrons. The molecule has 2 rings (SSSR count). The molecule has 0 N–H and O–H groups in total. The van der Waals surface area contributed by atoms with Crippen LogP contribution >= 0.6 is 0 Å². The molecule has 0 nitrogen and oxygen atoms in total. The summed E-state index contributed by atoms with van der Waals surface area (Å²) in [6, 6.07) is 8.95. The minimum atomic E-state index is 1.35. The zero-order valence-corrected chi connectivity index (χ0v) is 9.31. The van der Waals surface area contributed by atoms with Crippen molar-refractivity contribution in [2.24, 2.45) is 0 Å². The quantitative estimate of drug-likeness (QED) is 0.579. The molecule has 0 aromatic heterocycles. The molecule has 0 unspecified atom stereocenters. The second-order valence-corrected chi connectivity index (χ2v) is 4.20. The fraction of sp³-hybridized carbons (Fsp3) is 0.286. The van der Waals surface area contributed by atoms with Gasteiger partial charge in [0.25, 0.3) is 0 Å². The second kappa shape index (κ2) is 3.13. The van der Waals surface area contributed by atoms with E-state index in [1.807, 2.05) is 0 Å². The SMILES string of the molecule is Cc1cc(C)c2c(C)ccc(C)c2c1. The average Bonchev–Trinajstić information content (AvgIpc) is 2.10. The number of fused-ring (bicyclic) bond motifs is 1. The summed E-state index contributed by atoms with van der Waals surface area (Å²) in [7, 11) is 0. The minimum absolute atomic E-state index is 1.35. The van der Waals surface area contributed by atoms with E-state index in [4.69, 9.17) is 0 Å². The Morgan fingerprint density at radius 2 is 1.36 bits per heavy atom. The molecule has 72 valence electrons. The van der Waals surface area contributed by atoms with Crippen LogP contribution in [-0.4, -0.2) is 0 Å². The molecular formula is C14H16. The Morgan fingerprint density at radius 1 is 0.714 bits per heavy atom. The van der Waals surface area contributed by atoms with E-state index in [-0.39, 0.29) is 0 Å². The lowest BCUT2D eigenvalue weighted by Crippen LogP contribution is -1.87. The van der Waals surface area contributed by atoms with E-state index in [0.29, 0.717) is 0 Å². The van der Waals surface area contributed by atoms with Gasteiger partial charge in [0, 0.05) is 0 Å².